The molecule has 9 aromatic carbocycles. The zero-order chi connectivity index (χ0) is 41.5. The molecule has 296 valence electrons. The van der Waals surface area contributed by atoms with Crippen LogP contribution < -0.4 is 9.80 Å². The molecule has 2 heterocycles. The first-order chi connectivity index (χ1) is 29.6. The molecule has 0 N–H and O–H groups in total. The Labute approximate surface area is 355 Å². The predicted molar refractivity (Wildman–Crippen MR) is 258 cm³/mol. The van der Waals surface area contributed by atoms with Gasteiger partial charge in [-0.05, 0) is 158 Å². The minimum atomic E-state index is 0.221. The standard InChI is InChI=1S/C57H46N2O2/c1-34(2)55-56-49-29-39-15-25-47(58(43-17-7-35(3)8-18-43)44-19-9-36(4)10-20-44)27-41(39)31-51(49)60-53(56)33-54-57(55)50-30-40-16-26-48(28-42(40)32-52(50)61-54)59(45-21-11-37(5)12-22-45)46-23-13-38(6)14-24-46/h7-34H,1-6H3. The molecule has 0 saturated heterocycles. The average Bonchev–Trinajstić information content (AvgIpc) is 3.80. The lowest BCUT2D eigenvalue weighted by atomic mass is 9.91. The second kappa shape index (κ2) is 14.2. The van der Waals surface area contributed by atoms with Gasteiger partial charge >= 0.3 is 0 Å². The fraction of sp³-hybridized carbons (Fsp3) is 0.123. The highest BCUT2D eigenvalue weighted by molar-refractivity contribution is 6.21. The Morgan fingerprint density at radius 1 is 0.328 bits per heavy atom. The number of anilines is 6. The molecule has 61 heavy (non-hydrogen) atoms. The van der Waals surface area contributed by atoms with Gasteiger partial charge in [0.25, 0.3) is 0 Å². The summed E-state index contributed by atoms with van der Waals surface area (Å²) in [6, 6.07) is 59.6. The molecule has 11 aromatic rings. The first-order valence-electron chi connectivity index (χ1n) is 21.2. The van der Waals surface area contributed by atoms with Gasteiger partial charge in [0.15, 0.2) is 0 Å². The Morgan fingerprint density at radius 2 is 0.656 bits per heavy atom. The van der Waals surface area contributed by atoms with E-state index in [1.165, 1.54) is 38.6 Å². The predicted octanol–water partition coefficient (Wildman–Crippen LogP) is 17.1. The summed E-state index contributed by atoms with van der Waals surface area (Å²) < 4.78 is 13.6. The maximum absolute atomic E-state index is 6.79. The van der Waals surface area contributed by atoms with Crippen molar-refractivity contribution in [3.05, 3.63) is 192 Å². The molecule has 0 atom stereocenters. The summed E-state index contributed by atoms with van der Waals surface area (Å²) in [5, 5.41) is 9.18. The third-order valence-electron chi connectivity index (χ3n) is 12.4. The van der Waals surface area contributed by atoms with Gasteiger partial charge in [-0.25, -0.2) is 0 Å². The van der Waals surface area contributed by atoms with E-state index in [0.717, 1.165) is 88.8 Å². The third-order valence-corrected chi connectivity index (χ3v) is 12.4. The molecule has 0 radical (unpaired) electrons. The number of rotatable bonds is 7. The first-order valence-corrected chi connectivity index (χ1v) is 21.2. The summed E-state index contributed by atoms with van der Waals surface area (Å²) in [4.78, 5) is 4.65. The lowest BCUT2D eigenvalue weighted by Gasteiger charge is -2.26. The fourth-order valence-electron chi connectivity index (χ4n) is 9.22. The summed E-state index contributed by atoms with van der Waals surface area (Å²) in [7, 11) is 0. The van der Waals surface area contributed by atoms with Crippen LogP contribution in [0.4, 0.5) is 34.1 Å². The molecule has 2 aromatic heterocycles. The van der Waals surface area contributed by atoms with Crippen molar-refractivity contribution in [3.8, 4) is 0 Å². The van der Waals surface area contributed by atoms with Crippen molar-refractivity contribution in [2.24, 2.45) is 0 Å². The molecule has 0 spiro atoms. The third kappa shape index (κ3) is 6.29. The van der Waals surface area contributed by atoms with Crippen LogP contribution in [-0.4, -0.2) is 0 Å². The summed E-state index contributed by atoms with van der Waals surface area (Å²) in [6.45, 7) is 13.1. The van der Waals surface area contributed by atoms with Crippen LogP contribution in [0.25, 0.3) is 65.4 Å². The molecule has 0 amide bonds. The van der Waals surface area contributed by atoms with Crippen LogP contribution in [0.5, 0.6) is 0 Å². The van der Waals surface area contributed by atoms with Crippen molar-refractivity contribution in [1.29, 1.82) is 0 Å². The molecule has 0 saturated carbocycles. The minimum absolute atomic E-state index is 0.221. The number of aryl methyl sites for hydroxylation is 4. The van der Waals surface area contributed by atoms with Crippen molar-refractivity contribution in [1.82, 2.24) is 0 Å². The Kier molecular flexibility index (Phi) is 8.54. The largest absolute Gasteiger partial charge is 0.456 e. The van der Waals surface area contributed by atoms with E-state index < -0.39 is 0 Å². The second-order valence-corrected chi connectivity index (χ2v) is 17.2. The van der Waals surface area contributed by atoms with E-state index in [1.807, 2.05) is 0 Å². The molecule has 0 bridgehead atoms. The Morgan fingerprint density at radius 3 is 0.984 bits per heavy atom. The van der Waals surface area contributed by atoms with Crippen LogP contribution in [0.2, 0.25) is 0 Å². The van der Waals surface area contributed by atoms with E-state index >= 15 is 0 Å². The molecule has 11 rings (SSSR count). The van der Waals surface area contributed by atoms with Crippen molar-refractivity contribution < 1.29 is 8.83 Å². The van der Waals surface area contributed by atoms with E-state index in [-0.39, 0.29) is 5.92 Å². The summed E-state index contributed by atoms with van der Waals surface area (Å²) in [5.74, 6) is 0.221. The number of furan rings is 2. The van der Waals surface area contributed by atoms with Gasteiger partial charge in [0, 0.05) is 61.7 Å². The van der Waals surface area contributed by atoms with Crippen LogP contribution in [0, 0.1) is 27.7 Å². The van der Waals surface area contributed by atoms with E-state index in [1.54, 1.807) is 0 Å². The molecule has 0 fully saturated rings. The van der Waals surface area contributed by atoms with Gasteiger partial charge in [0.1, 0.15) is 22.3 Å². The van der Waals surface area contributed by atoms with Gasteiger partial charge < -0.3 is 18.6 Å². The first kappa shape index (κ1) is 36.8. The lowest BCUT2D eigenvalue weighted by Crippen LogP contribution is -2.09. The summed E-state index contributed by atoms with van der Waals surface area (Å²) >= 11 is 0. The molecule has 0 aliphatic carbocycles. The van der Waals surface area contributed by atoms with Crippen LogP contribution >= 0.6 is 0 Å². The lowest BCUT2D eigenvalue weighted by molar-refractivity contribution is 0.655. The van der Waals surface area contributed by atoms with Gasteiger partial charge in [-0.15, -0.1) is 0 Å². The monoisotopic (exact) mass is 790 g/mol. The van der Waals surface area contributed by atoms with Crippen molar-refractivity contribution in [2.45, 2.75) is 47.5 Å². The van der Waals surface area contributed by atoms with Crippen molar-refractivity contribution in [3.63, 3.8) is 0 Å². The van der Waals surface area contributed by atoms with E-state index in [0.29, 0.717) is 0 Å². The van der Waals surface area contributed by atoms with Crippen LogP contribution in [-0.2, 0) is 0 Å². The molecule has 0 aliphatic rings. The van der Waals surface area contributed by atoms with Gasteiger partial charge in [-0.3, -0.25) is 0 Å². The molecule has 0 aliphatic heterocycles. The Hall–Kier alpha value is -7.30. The average molecular weight is 791 g/mol. The Bertz CT molecular complexity index is 3140. The number of hydrogen-bond acceptors (Lipinski definition) is 4. The maximum atomic E-state index is 6.79. The highest BCUT2D eigenvalue weighted by Crippen LogP contribution is 2.46. The molecular formula is C57H46N2O2. The van der Waals surface area contributed by atoms with Crippen molar-refractivity contribution in [2.75, 3.05) is 9.80 Å². The second-order valence-electron chi connectivity index (χ2n) is 17.2. The quantitative estimate of drug-likeness (QED) is 0.161. The Balaban J connectivity index is 1.05. The van der Waals surface area contributed by atoms with E-state index in [4.69, 9.17) is 8.83 Å². The minimum Gasteiger partial charge on any atom is -0.456 e. The zero-order valence-corrected chi connectivity index (χ0v) is 35.4. The van der Waals surface area contributed by atoms with Gasteiger partial charge in [0.2, 0.25) is 0 Å². The SMILES string of the molecule is Cc1ccc(N(c2ccc(C)cc2)c2ccc3cc4c(cc3c2)oc2cc3oc5cc6cc(N(c7ccc(C)cc7)c7ccc(C)cc7)ccc6cc5c3c(C(C)C)c24)cc1. The number of benzene rings is 9. The van der Waals surface area contributed by atoms with Crippen LogP contribution in [0.15, 0.2) is 173 Å². The van der Waals surface area contributed by atoms with Gasteiger partial charge in [0.05, 0.1) is 0 Å². The molecule has 0 unspecified atom stereocenters. The fourth-order valence-corrected chi connectivity index (χ4v) is 9.22. The number of hydrogen-bond donors (Lipinski definition) is 0. The van der Waals surface area contributed by atoms with Gasteiger partial charge in [-0.2, -0.15) is 0 Å². The number of fused-ring (bicyclic) bond motifs is 8. The van der Waals surface area contributed by atoms with E-state index in [9.17, 15) is 0 Å². The number of nitrogens with zero attached hydrogens (tertiary/aromatic N) is 2. The van der Waals surface area contributed by atoms with Crippen LogP contribution in [0.1, 0.15) is 47.6 Å². The summed E-state index contributed by atoms with van der Waals surface area (Å²) in [5.41, 5.74) is 16.3. The molecule has 4 nitrogen and oxygen atoms in total. The molecular weight excluding hydrogens is 745 g/mol. The highest BCUT2D eigenvalue weighted by Gasteiger charge is 2.23. The topological polar surface area (TPSA) is 32.8 Å². The highest BCUT2D eigenvalue weighted by atomic mass is 16.3. The maximum Gasteiger partial charge on any atom is 0.139 e. The normalized spacial score (nSPS) is 11.9. The van der Waals surface area contributed by atoms with Crippen LogP contribution in [0.3, 0.4) is 0 Å². The van der Waals surface area contributed by atoms with E-state index in [2.05, 4.69) is 215 Å². The summed E-state index contributed by atoms with van der Waals surface area (Å²) in [6.07, 6.45) is 0. The smallest absolute Gasteiger partial charge is 0.139 e. The van der Waals surface area contributed by atoms with Crippen molar-refractivity contribution >= 4 is 99.5 Å². The van der Waals surface area contributed by atoms with Gasteiger partial charge in [-0.1, -0.05) is 96.8 Å². The molecule has 4 heteroatoms. The zero-order valence-electron chi connectivity index (χ0n) is 35.4.